The molecule has 5 nitrogen and oxygen atoms in total. The van der Waals surface area contributed by atoms with Gasteiger partial charge in [-0.15, -0.1) is 0 Å². The van der Waals surface area contributed by atoms with Crippen LogP contribution in [0, 0.1) is 5.92 Å². The average Bonchev–Trinajstić information content (AvgIpc) is 2.91. The Labute approximate surface area is 113 Å². The van der Waals surface area contributed by atoms with Crippen molar-refractivity contribution in [3.63, 3.8) is 0 Å². The lowest BCUT2D eigenvalue weighted by Crippen LogP contribution is -2.13. The third-order valence-corrected chi connectivity index (χ3v) is 3.38. The number of pyridine rings is 1. The SMILES string of the molecule is CCOC(=O)c1ccnc(OCC2CCCC2)c1N. The van der Waals surface area contributed by atoms with Crippen LogP contribution in [0.2, 0.25) is 0 Å². The molecule has 1 heterocycles. The Kier molecular flexibility index (Phi) is 4.60. The topological polar surface area (TPSA) is 74.4 Å². The van der Waals surface area contributed by atoms with E-state index in [9.17, 15) is 4.79 Å². The van der Waals surface area contributed by atoms with Gasteiger partial charge in [0.15, 0.2) is 0 Å². The van der Waals surface area contributed by atoms with E-state index in [0.29, 0.717) is 30.6 Å². The summed E-state index contributed by atoms with van der Waals surface area (Å²) < 4.78 is 10.6. The highest BCUT2D eigenvalue weighted by Gasteiger charge is 2.19. The van der Waals surface area contributed by atoms with Gasteiger partial charge in [-0.3, -0.25) is 0 Å². The first-order chi connectivity index (χ1) is 9.22. The third kappa shape index (κ3) is 3.36. The van der Waals surface area contributed by atoms with Crippen LogP contribution in [-0.2, 0) is 4.74 Å². The van der Waals surface area contributed by atoms with E-state index >= 15 is 0 Å². The molecule has 0 bridgehead atoms. The zero-order chi connectivity index (χ0) is 13.7. The Hall–Kier alpha value is -1.78. The molecule has 1 fully saturated rings. The highest BCUT2D eigenvalue weighted by Crippen LogP contribution is 2.28. The second kappa shape index (κ2) is 6.41. The van der Waals surface area contributed by atoms with Crippen LogP contribution in [0.5, 0.6) is 5.88 Å². The molecule has 1 aromatic heterocycles. The van der Waals surface area contributed by atoms with Crippen molar-refractivity contribution >= 4 is 11.7 Å². The zero-order valence-corrected chi connectivity index (χ0v) is 11.2. The number of ether oxygens (including phenoxy) is 2. The molecule has 0 saturated heterocycles. The quantitative estimate of drug-likeness (QED) is 0.827. The van der Waals surface area contributed by atoms with Gasteiger partial charge in [0, 0.05) is 6.20 Å². The van der Waals surface area contributed by atoms with Crippen LogP contribution in [0.1, 0.15) is 43.0 Å². The van der Waals surface area contributed by atoms with Crippen molar-refractivity contribution in [2.24, 2.45) is 5.92 Å². The average molecular weight is 264 g/mol. The van der Waals surface area contributed by atoms with E-state index in [-0.39, 0.29) is 5.69 Å². The minimum absolute atomic E-state index is 0.263. The molecule has 1 aliphatic rings. The molecule has 0 amide bonds. The molecule has 2 rings (SSSR count). The summed E-state index contributed by atoms with van der Waals surface area (Å²) in [6, 6.07) is 1.55. The minimum Gasteiger partial charge on any atom is -0.476 e. The first kappa shape index (κ1) is 13.6. The van der Waals surface area contributed by atoms with Crippen molar-refractivity contribution in [3.05, 3.63) is 17.8 Å². The molecule has 2 N–H and O–H groups in total. The molecule has 0 aliphatic heterocycles. The van der Waals surface area contributed by atoms with Gasteiger partial charge in [-0.05, 0) is 31.7 Å². The van der Waals surface area contributed by atoms with Crippen molar-refractivity contribution in [2.75, 3.05) is 18.9 Å². The van der Waals surface area contributed by atoms with E-state index in [2.05, 4.69) is 4.98 Å². The van der Waals surface area contributed by atoms with Crippen molar-refractivity contribution in [1.82, 2.24) is 4.98 Å². The second-order valence-electron chi connectivity index (χ2n) is 4.76. The molecule has 1 aromatic rings. The monoisotopic (exact) mass is 264 g/mol. The van der Waals surface area contributed by atoms with Crippen LogP contribution in [0.15, 0.2) is 12.3 Å². The van der Waals surface area contributed by atoms with Crippen molar-refractivity contribution in [1.29, 1.82) is 0 Å². The summed E-state index contributed by atoms with van der Waals surface area (Å²) in [7, 11) is 0. The van der Waals surface area contributed by atoms with E-state index in [1.807, 2.05) is 0 Å². The smallest absolute Gasteiger partial charge is 0.340 e. The number of aromatic nitrogens is 1. The van der Waals surface area contributed by atoms with E-state index < -0.39 is 5.97 Å². The molecule has 0 radical (unpaired) electrons. The van der Waals surface area contributed by atoms with Crippen LogP contribution in [0.3, 0.4) is 0 Å². The number of hydrogen-bond donors (Lipinski definition) is 1. The number of esters is 1. The number of hydrogen-bond acceptors (Lipinski definition) is 5. The molecular weight excluding hydrogens is 244 g/mol. The largest absolute Gasteiger partial charge is 0.476 e. The Morgan fingerprint density at radius 1 is 1.47 bits per heavy atom. The number of carbonyl (C=O) groups excluding carboxylic acids is 1. The van der Waals surface area contributed by atoms with Gasteiger partial charge in [0.05, 0.1) is 18.8 Å². The fourth-order valence-electron chi connectivity index (χ4n) is 2.33. The van der Waals surface area contributed by atoms with Gasteiger partial charge >= 0.3 is 5.97 Å². The predicted octanol–water partition coefficient (Wildman–Crippen LogP) is 2.41. The van der Waals surface area contributed by atoms with Gasteiger partial charge in [-0.2, -0.15) is 0 Å². The first-order valence-electron chi connectivity index (χ1n) is 6.76. The molecule has 0 atom stereocenters. The fourth-order valence-corrected chi connectivity index (χ4v) is 2.33. The molecule has 0 unspecified atom stereocenters. The van der Waals surface area contributed by atoms with E-state index in [1.165, 1.54) is 31.9 Å². The maximum atomic E-state index is 11.7. The first-order valence-corrected chi connectivity index (χ1v) is 6.76. The third-order valence-electron chi connectivity index (χ3n) is 3.38. The van der Waals surface area contributed by atoms with E-state index in [0.717, 1.165) is 0 Å². The van der Waals surface area contributed by atoms with Gasteiger partial charge < -0.3 is 15.2 Å². The van der Waals surface area contributed by atoms with Crippen molar-refractivity contribution in [2.45, 2.75) is 32.6 Å². The van der Waals surface area contributed by atoms with E-state index in [4.69, 9.17) is 15.2 Å². The summed E-state index contributed by atoms with van der Waals surface area (Å²) in [6.07, 6.45) is 6.43. The van der Waals surface area contributed by atoms with Crippen LogP contribution in [0.4, 0.5) is 5.69 Å². The molecular formula is C14H20N2O3. The molecule has 1 saturated carbocycles. The number of anilines is 1. The maximum absolute atomic E-state index is 11.7. The van der Waals surface area contributed by atoms with Crippen molar-refractivity contribution in [3.8, 4) is 5.88 Å². The van der Waals surface area contributed by atoms with Gasteiger partial charge in [0.2, 0.25) is 5.88 Å². The summed E-state index contributed by atoms with van der Waals surface area (Å²) in [5.74, 6) is 0.470. The summed E-state index contributed by atoms with van der Waals surface area (Å²) in [5, 5.41) is 0. The molecule has 19 heavy (non-hydrogen) atoms. The Morgan fingerprint density at radius 3 is 2.89 bits per heavy atom. The number of nitrogens with zero attached hydrogens (tertiary/aromatic N) is 1. The second-order valence-corrected chi connectivity index (χ2v) is 4.76. The van der Waals surface area contributed by atoms with Gasteiger partial charge in [-0.25, -0.2) is 9.78 Å². The van der Waals surface area contributed by atoms with Crippen LogP contribution >= 0.6 is 0 Å². The highest BCUT2D eigenvalue weighted by atomic mass is 16.5. The Balaban J connectivity index is 2.03. The van der Waals surface area contributed by atoms with Crippen LogP contribution in [0.25, 0.3) is 0 Å². The summed E-state index contributed by atoms with van der Waals surface area (Å²) in [4.78, 5) is 15.8. The molecule has 5 heteroatoms. The Morgan fingerprint density at radius 2 is 2.21 bits per heavy atom. The van der Waals surface area contributed by atoms with Crippen molar-refractivity contribution < 1.29 is 14.3 Å². The molecule has 1 aliphatic carbocycles. The lowest BCUT2D eigenvalue weighted by atomic mass is 10.1. The number of rotatable bonds is 5. The predicted molar refractivity (Wildman–Crippen MR) is 72.1 cm³/mol. The number of nitrogens with two attached hydrogens (primary N) is 1. The van der Waals surface area contributed by atoms with Gasteiger partial charge in [0.1, 0.15) is 5.69 Å². The van der Waals surface area contributed by atoms with Crippen LogP contribution in [-0.4, -0.2) is 24.2 Å². The summed E-state index contributed by atoms with van der Waals surface area (Å²) in [5.41, 5.74) is 6.49. The standard InChI is InChI=1S/C14H20N2O3/c1-2-18-14(17)11-7-8-16-13(12(11)15)19-9-10-5-3-4-6-10/h7-8,10H,2-6,9,15H2,1H3. The van der Waals surface area contributed by atoms with Gasteiger partial charge in [-0.1, -0.05) is 12.8 Å². The fraction of sp³-hybridized carbons (Fsp3) is 0.571. The molecule has 0 spiro atoms. The lowest BCUT2D eigenvalue weighted by Gasteiger charge is -2.13. The summed E-state index contributed by atoms with van der Waals surface area (Å²) >= 11 is 0. The highest BCUT2D eigenvalue weighted by molar-refractivity contribution is 5.96. The molecule has 104 valence electrons. The minimum atomic E-state index is -0.437. The number of nitrogen functional groups attached to an aromatic ring is 1. The maximum Gasteiger partial charge on any atom is 0.340 e. The van der Waals surface area contributed by atoms with E-state index in [1.54, 1.807) is 13.0 Å². The summed E-state index contributed by atoms with van der Waals surface area (Å²) in [6.45, 7) is 2.69. The zero-order valence-electron chi connectivity index (χ0n) is 11.2. The molecule has 0 aromatic carbocycles. The Bertz CT molecular complexity index is 442. The van der Waals surface area contributed by atoms with Crippen LogP contribution < -0.4 is 10.5 Å². The lowest BCUT2D eigenvalue weighted by molar-refractivity contribution is 0.0527. The van der Waals surface area contributed by atoms with Gasteiger partial charge in [0.25, 0.3) is 0 Å². The number of carbonyl (C=O) groups is 1. The normalized spacial score (nSPS) is 15.4.